The third-order valence-corrected chi connectivity index (χ3v) is 4.99. The van der Waals surface area contributed by atoms with E-state index in [1.165, 1.54) is 5.56 Å². The van der Waals surface area contributed by atoms with Crippen LogP contribution in [0.2, 0.25) is 0 Å². The number of aromatic hydroxyl groups is 1. The van der Waals surface area contributed by atoms with E-state index in [2.05, 4.69) is 39.9 Å². The SMILES string of the molecule is O=c1[nH]c(O)c(Cc2cc3ccccc3n2Cc2ccccc2)s1. The Morgan fingerprint density at radius 1 is 1.04 bits per heavy atom. The van der Waals surface area contributed by atoms with E-state index in [0.717, 1.165) is 34.5 Å². The Morgan fingerprint density at radius 2 is 1.79 bits per heavy atom. The lowest BCUT2D eigenvalue weighted by Gasteiger charge is -2.10. The Balaban J connectivity index is 1.80. The summed E-state index contributed by atoms with van der Waals surface area (Å²) in [6.07, 6.45) is 0.525. The fraction of sp³-hybridized carbons (Fsp3) is 0.105. The molecular formula is C19H16N2O2S. The van der Waals surface area contributed by atoms with Gasteiger partial charge in [-0.25, -0.2) is 0 Å². The van der Waals surface area contributed by atoms with Crippen molar-refractivity contribution in [2.75, 3.05) is 0 Å². The van der Waals surface area contributed by atoms with Gasteiger partial charge in [-0.15, -0.1) is 0 Å². The molecule has 24 heavy (non-hydrogen) atoms. The van der Waals surface area contributed by atoms with Gasteiger partial charge in [0.05, 0.1) is 4.88 Å². The minimum atomic E-state index is -0.228. The van der Waals surface area contributed by atoms with Crippen molar-refractivity contribution in [1.82, 2.24) is 9.55 Å². The second-order valence-electron chi connectivity index (χ2n) is 5.73. The summed E-state index contributed by atoms with van der Waals surface area (Å²) < 4.78 is 2.24. The van der Waals surface area contributed by atoms with Gasteiger partial charge < -0.3 is 9.67 Å². The third-order valence-electron chi connectivity index (χ3n) is 4.12. The molecule has 0 amide bonds. The number of thiazole rings is 1. The van der Waals surface area contributed by atoms with E-state index in [1.807, 2.05) is 30.3 Å². The van der Waals surface area contributed by atoms with E-state index < -0.39 is 0 Å². The van der Waals surface area contributed by atoms with Gasteiger partial charge in [0.15, 0.2) is 0 Å². The average molecular weight is 336 g/mol. The Morgan fingerprint density at radius 3 is 2.54 bits per heavy atom. The van der Waals surface area contributed by atoms with E-state index in [4.69, 9.17) is 0 Å². The molecule has 2 aromatic heterocycles. The number of nitrogens with zero attached hydrogens (tertiary/aromatic N) is 1. The van der Waals surface area contributed by atoms with Crippen molar-refractivity contribution in [3.63, 3.8) is 0 Å². The van der Waals surface area contributed by atoms with Crippen LogP contribution < -0.4 is 4.87 Å². The molecule has 5 heteroatoms. The fourth-order valence-corrected chi connectivity index (χ4v) is 3.74. The molecule has 0 saturated carbocycles. The number of aromatic nitrogens is 2. The largest absolute Gasteiger partial charge is 0.494 e. The molecule has 0 atom stereocenters. The van der Waals surface area contributed by atoms with Crippen LogP contribution in [0.1, 0.15) is 16.1 Å². The second-order valence-corrected chi connectivity index (χ2v) is 6.80. The van der Waals surface area contributed by atoms with Crippen LogP contribution in [0.4, 0.5) is 0 Å². The lowest BCUT2D eigenvalue weighted by atomic mass is 10.2. The summed E-state index contributed by atoms with van der Waals surface area (Å²) in [6.45, 7) is 0.754. The van der Waals surface area contributed by atoms with Gasteiger partial charge in [-0.3, -0.25) is 9.78 Å². The van der Waals surface area contributed by atoms with Crippen molar-refractivity contribution in [3.05, 3.63) is 86.5 Å². The van der Waals surface area contributed by atoms with Crippen molar-refractivity contribution in [2.24, 2.45) is 0 Å². The van der Waals surface area contributed by atoms with Crippen molar-refractivity contribution in [2.45, 2.75) is 13.0 Å². The van der Waals surface area contributed by atoms with Crippen molar-refractivity contribution >= 4 is 22.2 Å². The molecule has 4 nitrogen and oxygen atoms in total. The van der Waals surface area contributed by atoms with Gasteiger partial charge in [-0.1, -0.05) is 59.9 Å². The molecule has 4 rings (SSSR count). The highest BCUT2D eigenvalue weighted by Gasteiger charge is 2.14. The van der Waals surface area contributed by atoms with Gasteiger partial charge >= 0.3 is 4.87 Å². The van der Waals surface area contributed by atoms with E-state index in [1.54, 1.807) is 0 Å². The van der Waals surface area contributed by atoms with Gasteiger partial charge in [-0.2, -0.15) is 0 Å². The quantitative estimate of drug-likeness (QED) is 0.596. The van der Waals surface area contributed by atoms with Crippen LogP contribution >= 0.6 is 11.3 Å². The highest BCUT2D eigenvalue weighted by atomic mass is 32.1. The van der Waals surface area contributed by atoms with Crippen LogP contribution in [0.25, 0.3) is 10.9 Å². The number of aromatic amines is 1. The number of para-hydroxylation sites is 1. The van der Waals surface area contributed by atoms with E-state index in [-0.39, 0.29) is 10.8 Å². The molecule has 0 aliphatic rings. The average Bonchev–Trinajstić information content (AvgIpc) is 3.09. The zero-order chi connectivity index (χ0) is 16.5. The normalized spacial score (nSPS) is 11.2. The maximum atomic E-state index is 11.4. The van der Waals surface area contributed by atoms with Crippen molar-refractivity contribution < 1.29 is 5.11 Å². The molecule has 0 bridgehead atoms. The number of H-pyrrole nitrogens is 1. The van der Waals surface area contributed by atoms with Crippen LogP contribution in [0, 0.1) is 0 Å². The Kier molecular flexibility index (Phi) is 3.70. The molecule has 0 spiro atoms. The molecule has 0 fully saturated rings. The molecule has 0 aliphatic heterocycles. The molecule has 2 heterocycles. The van der Waals surface area contributed by atoms with Gasteiger partial charge in [0.25, 0.3) is 0 Å². The molecule has 0 radical (unpaired) electrons. The lowest BCUT2D eigenvalue weighted by molar-refractivity contribution is 0.451. The van der Waals surface area contributed by atoms with Gasteiger partial charge in [-0.05, 0) is 23.1 Å². The van der Waals surface area contributed by atoms with Crippen LogP contribution in [0.3, 0.4) is 0 Å². The highest BCUT2D eigenvalue weighted by molar-refractivity contribution is 7.09. The molecular weight excluding hydrogens is 320 g/mol. The number of fused-ring (bicyclic) bond motifs is 1. The smallest absolute Gasteiger partial charge is 0.307 e. The summed E-state index contributed by atoms with van der Waals surface area (Å²) in [5.74, 6) is -0.0264. The van der Waals surface area contributed by atoms with E-state index in [0.29, 0.717) is 11.3 Å². The van der Waals surface area contributed by atoms with E-state index in [9.17, 15) is 9.90 Å². The molecule has 4 aromatic rings. The number of hydrogen-bond acceptors (Lipinski definition) is 3. The van der Waals surface area contributed by atoms with Gasteiger partial charge in [0.1, 0.15) is 0 Å². The summed E-state index contributed by atoms with van der Waals surface area (Å²) in [6, 6.07) is 20.6. The summed E-state index contributed by atoms with van der Waals surface area (Å²) in [4.78, 5) is 14.3. The molecule has 0 unspecified atom stereocenters. The molecule has 0 aliphatic carbocycles. The maximum Gasteiger partial charge on any atom is 0.307 e. The Hall–Kier alpha value is -2.79. The summed E-state index contributed by atoms with van der Waals surface area (Å²) in [5, 5.41) is 11.1. The first-order valence-electron chi connectivity index (χ1n) is 7.73. The van der Waals surface area contributed by atoms with Crippen molar-refractivity contribution in [1.29, 1.82) is 0 Å². The zero-order valence-electron chi connectivity index (χ0n) is 12.9. The lowest BCUT2D eigenvalue weighted by Crippen LogP contribution is -2.04. The zero-order valence-corrected chi connectivity index (χ0v) is 13.7. The Bertz CT molecular complexity index is 1040. The summed E-state index contributed by atoms with van der Waals surface area (Å²) in [5.41, 5.74) is 3.44. The monoisotopic (exact) mass is 336 g/mol. The number of hydrogen-bond donors (Lipinski definition) is 2. The first-order valence-corrected chi connectivity index (χ1v) is 8.54. The molecule has 0 saturated heterocycles. The minimum absolute atomic E-state index is 0.0264. The second kappa shape index (κ2) is 6.02. The van der Waals surface area contributed by atoms with Crippen LogP contribution in [-0.4, -0.2) is 14.7 Å². The molecule has 120 valence electrons. The van der Waals surface area contributed by atoms with Gasteiger partial charge in [0.2, 0.25) is 5.88 Å². The Labute approximate surface area is 142 Å². The standard InChI is InChI=1S/C19H16N2O2S/c22-18-17(24-19(23)20-18)11-15-10-14-8-4-5-9-16(14)21(15)12-13-6-2-1-3-7-13/h1-10,22H,11-12H2,(H,20,23). The predicted octanol–water partition coefficient (Wildman–Crippen LogP) is 3.74. The van der Waals surface area contributed by atoms with Gasteiger partial charge in [0, 0.05) is 24.2 Å². The molecule has 2 N–H and O–H groups in total. The predicted molar refractivity (Wildman–Crippen MR) is 96.9 cm³/mol. The number of benzene rings is 2. The number of nitrogens with one attached hydrogen (secondary N) is 1. The van der Waals surface area contributed by atoms with Crippen LogP contribution in [0.15, 0.2) is 65.5 Å². The minimum Gasteiger partial charge on any atom is -0.494 e. The summed E-state index contributed by atoms with van der Waals surface area (Å²) >= 11 is 1.06. The van der Waals surface area contributed by atoms with Crippen molar-refractivity contribution in [3.8, 4) is 5.88 Å². The van der Waals surface area contributed by atoms with Crippen LogP contribution in [-0.2, 0) is 13.0 Å². The third kappa shape index (κ3) is 2.74. The molecule has 2 aromatic carbocycles. The summed E-state index contributed by atoms with van der Waals surface area (Å²) in [7, 11) is 0. The fourth-order valence-electron chi connectivity index (χ4n) is 3.00. The van der Waals surface area contributed by atoms with E-state index >= 15 is 0 Å². The number of rotatable bonds is 4. The first-order chi connectivity index (χ1) is 11.7. The van der Waals surface area contributed by atoms with Crippen LogP contribution in [0.5, 0.6) is 5.88 Å². The first kappa shape index (κ1) is 14.8. The highest BCUT2D eigenvalue weighted by Crippen LogP contribution is 2.26. The topological polar surface area (TPSA) is 58.0 Å². The maximum absolute atomic E-state index is 11.4.